The number of benzene rings is 2. The van der Waals surface area contributed by atoms with Crippen LogP contribution >= 0.6 is 0 Å². The molecule has 1 N–H and O–H groups in total. The van der Waals surface area contributed by atoms with Crippen LogP contribution in [-0.4, -0.2) is 44.7 Å². The number of rotatable bonds is 8. The zero-order valence-electron chi connectivity index (χ0n) is 18.8. The minimum absolute atomic E-state index is 0.0101. The quantitative estimate of drug-likeness (QED) is 0.549. The van der Waals surface area contributed by atoms with Gasteiger partial charge in [-0.1, -0.05) is 38.1 Å². The van der Waals surface area contributed by atoms with E-state index >= 15 is 0 Å². The first-order valence-corrected chi connectivity index (χ1v) is 12.5. The summed E-state index contributed by atoms with van der Waals surface area (Å²) in [4.78, 5) is 2.61. The van der Waals surface area contributed by atoms with E-state index < -0.39 is 10.0 Å². The number of nitrogens with one attached hydrogen (secondary N) is 1. The Morgan fingerprint density at radius 3 is 2.56 bits per heavy atom. The third-order valence-corrected chi connectivity index (χ3v) is 7.46. The van der Waals surface area contributed by atoms with E-state index in [-0.39, 0.29) is 11.2 Å². The van der Waals surface area contributed by atoms with Gasteiger partial charge in [0.25, 0.3) is 0 Å². The molecule has 0 bridgehead atoms. The number of hydrogen-bond acceptors (Lipinski definition) is 5. The van der Waals surface area contributed by atoms with E-state index in [0.717, 1.165) is 49.1 Å². The molecule has 2 heterocycles. The van der Waals surface area contributed by atoms with Crippen molar-refractivity contribution in [3.63, 3.8) is 0 Å². The number of fused-ring (bicyclic) bond motifs is 1. The fourth-order valence-corrected chi connectivity index (χ4v) is 5.16. The van der Waals surface area contributed by atoms with Gasteiger partial charge >= 0.3 is 0 Å². The number of aromatic nitrogens is 1. The van der Waals surface area contributed by atoms with Gasteiger partial charge < -0.3 is 9.42 Å². The predicted molar refractivity (Wildman–Crippen MR) is 123 cm³/mol. The van der Waals surface area contributed by atoms with Crippen molar-refractivity contribution in [3.05, 3.63) is 59.5 Å². The molecule has 1 fully saturated rings. The summed E-state index contributed by atoms with van der Waals surface area (Å²) in [5.41, 5.74) is 2.42. The summed E-state index contributed by atoms with van der Waals surface area (Å²) in [6.45, 7) is 9.41. The molecular weight excluding hydrogens is 429 g/mol. The van der Waals surface area contributed by atoms with Crippen molar-refractivity contribution in [2.24, 2.45) is 5.92 Å². The summed E-state index contributed by atoms with van der Waals surface area (Å²) in [5.74, 6) is -0.0150. The average Bonchev–Trinajstić information content (AvgIpc) is 3.10. The second kappa shape index (κ2) is 8.92. The highest BCUT2D eigenvalue weighted by molar-refractivity contribution is 7.89. The summed E-state index contributed by atoms with van der Waals surface area (Å²) >= 11 is 0. The molecule has 0 spiro atoms. The van der Waals surface area contributed by atoms with E-state index in [1.54, 1.807) is 18.2 Å². The molecule has 172 valence electrons. The maximum atomic E-state index is 13.2. The van der Waals surface area contributed by atoms with E-state index in [9.17, 15) is 12.8 Å². The van der Waals surface area contributed by atoms with Crippen molar-refractivity contribution in [2.45, 2.75) is 43.9 Å². The maximum absolute atomic E-state index is 13.2. The third kappa shape index (κ3) is 5.19. The average molecular weight is 460 g/mol. The summed E-state index contributed by atoms with van der Waals surface area (Å²) in [6, 6.07) is 11.6. The summed E-state index contributed by atoms with van der Waals surface area (Å²) < 4.78 is 46.4. The number of sulfonamides is 1. The van der Waals surface area contributed by atoms with Crippen LogP contribution < -0.4 is 4.72 Å². The zero-order chi connectivity index (χ0) is 22.9. The van der Waals surface area contributed by atoms with Crippen LogP contribution in [0.1, 0.15) is 38.4 Å². The smallest absolute Gasteiger partial charge is 0.240 e. The van der Waals surface area contributed by atoms with Gasteiger partial charge in [0, 0.05) is 31.1 Å². The van der Waals surface area contributed by atoms with E-state index in [2.05, 4.69) is 35.5 Å². The van der Waals surface area contributed by atoms with E-state index in [0.29, 0.717) is 22.9 Å². The number of likely N-dealkylation sites (tertiary alicyclic amines) is 1. The molecule has 32 heavy (non-hydrogen) atoms. The molecule has 8 heteroatoms. The zero-order valence-corrected chi connectivity index (χ0v) is 19.6. The lowest BCUT2D eigenvalue weighted by atomic mass is 9.87. The Morgan fingerprint density at radius 2 is 1.88 bits per heavy atom. The molecule has 0 unspecified atom stereocenters. The fourth-order valence-electron chi connectivity index (χ4n) is 4.05. The van der Waals surface area contributed by atoms with Crippen molar-refractivity contribution in [1.29, 1.82) is 0 Å². The fraction of sp³-hybridized carbons (Fsp3) is 0.458. The van der Waals surface area contributed by atoms with Crippen LogP contribution in [0.3, 0.4) is 0 Å². The Hall–Kier alpha value is -2.29. The van der Waals surface area contributed by atoms with E-state index in [4.69, 9.17) is 4.52 Å². The number of hydrogen-bond donors (Lipinski definition) is 1. The van der Waals surface area contributed by atoms with Gasteiger partial charge in [-0.05, 0) is 60.5 Å². The molecule has 2 aromatic carbocycles. The van der Waals surface area contributed by atoms with Gasteiger partial charge in [-0.3, -0.25) is 0 Å². The Kier molecular flexibility index (Phi) is 6.38. The highest BCUT2D eigenvalue weighted by Gasteiger charge is 2.28. The van der Waals surface area contributed by atoms with Gasteiger partial charge in [0.2, 0.25) is 10.0 Å². The molecule has 1 saturated heterocycles. The Labute approximate surface area is 188 Å². The second-order valence-corrected chi connectivity index (χ2v) is 11.4. The summed E-state index contributed by atoms with van der Waals surface area (Å²) in [5, 5.41) is 4.92. The molecule has 3 aromatic rings. The highest BCUT2D eigenvalue weighted by Crippen LogP contribution is 2.24. The SMILES string of the molecule is CC(C)(C)c1ccc(S(=O)(=O)NCC2CN(CCCc3noc4cc(F)ccc34)C2)cc1. The van der Waals surface area contributed by atoms with Crippen molar-refractivity contribution in [2.75, 3.05) is 26.2 Å². The lowest BCUT2D eigenvalue weighted by Gasteiger charge is -2.39. The van der Waals surface area contributed by atoms with Crippen molar-refractivity contribution in [3.8, 4) is 0 Å². The van der Waals surface area contributed by atoms with Crippen LogP contribution in [0.15, 0.2) is 51.9 Å². The largest absolute Gasteiger partial charge is 0.356 e. The van der Waals surface area contributed by atoms with Gasteiger partial charge in [0.15, 0.2) is 5.58 Å². The standard InChI is InChI=1S/C24H30FN3O3S/c1-24(2,3)18-6-9-20(10-7-18)32(29,30)26-14-17-15-28(16-17)12-4-5-22-21-11-8-19(25)13-23(21)31-27-22/h6-11,13,17,26H,4-5,12,14-16H2,1-3H3. The number of nitrogens with zero attached hydrogens (tertiary/aromatic N) is 2. The molecule has 1 aliphatic heterocycles. The normalized spacial score (nSPS) is 15.9. The first-order chi connectivity index (χ1) is 15.1. The van der Waals surface area contributed by atoms with Gasteiger partial charge in [0.05, 0.1) is 10.6 Å². The summed E-state index contributed by atoms with van der Waals surface area (Å²) in [6.07, 6.45) is 1.68. The first-order valence-electron chi connectivity index (χ1n) is 11.0. The van der Waals surface area contributed by atoms with Crippen LogP contribution in [0.4, 0.5) is 4.39 Å². The molecule has 0 saturated carbocycles. The maximum Gasteiger partial charge on any atom is 0.240 e. The molecule has 1 aliphatic rings. The molecule has 6 nitrogen and oxygen atoms in total. The number of halogens is 1. The van der Waals surface area contributed by atoms with Crippen LogP contribution in [0.25, 0.3) is 11.0 Å². The Morgan fingerprint density at radius 1 is 1.16 bits per heavy atom. The molecule has 0 aliphatic carbocycles. The molecular formula is C24H30FN3O3S. The molecule has 0 amide bonds. The van der Waals surface area contributed by atoms with Gasteiger partial charge in [-0.25, -0.2) is 17.5 Å². The van der Waals surface area contributed by atoms with Gasteiger partial charge in [-0.15, -0.1) is 0 Å². The second-order valence-electron chi connectivity index (χ2n) is 9.63. The number of aryl methyl sites for hydroxylation is 1. The van der Waals surface area contributed by atoms with Gasteiger partial charge in [-0.2, -0.15) is 0 Å². The van der Waals surface area contributed by atoms with Crippen molar-refractivity contribution in [1.82, 2.24) is 14.8 Å². The lowest BCUT2D eigenvalue weighted by molar-refractivity contribution is 0.102. The Bertz CT molecular complexity index is 1180. The minimum atomic E-state index is -3.50. The third-order valence-electron chi connectivity index (χ3n) is 6.02. The molecule has 0 radical (unpaired) electrons. The minimum Gasteiger partial charge on any atom is -0.356 e. The highest BCUT2D eigenvalue weighted by atomic mass is 32.2. The summed E-state index contributed by atoms with van der Waals surface area (Å²) in [7, 11) is -3.50. The lowest BCUT2D eigenvalue weighted by Crippen LogP contribution is -2.51. The predicted octanol–water partition coefficient (Wildman–Crippen LogP) is 4.11. The monoisotopic (exact) mass is 459 g/mol. The van der Waals surface area contributed by atoms with Crippen molar-refractivity contribution < 1.29 is 17.3 Å². The Balaban J connectivity index is 1.20. The van der Waals surface area contributed by atoms with E-state index in [1.807, 2.05) is 12.1 Å². The van der Waals surface area contributed by atoms with Gasteiger partial charge in [0.1, 0.15) is 5.82 Å². The topological polar surface area (TPSA) is 75.4 Å². The molecule has 0 atom stereocenters. The van der Waals surface area contributed by atoms with E-state index in [1.165, 1.54) is 12.1 Å². The van der Waals surface area contributed by atoms with Crippen LogP contribution in [-0.2, 0) is 21.9 Å². The van der Waals surface area contributed by atoms with Crippen LogP contribution in [0.5, 0.6) is 0 Å². The first kappa shape index (κ1) is 22.9. The molecule has 1 aromatic heterocycles. The van der Waals surface area contributed by atoms with Crippen LogP contribution in [0, 0.1) is 11.7 Å². The van der Waals surface area contributed by atoms with Crippen molar-refractivity contribution >= 4 is 21.0 Å². The molecule has 4 rings (SSSR count). The van der Waals surface area contributed by atoms with Crippen LogP contribution in [0.2, 0.25) is 0 Å².